The fraction of sp³-hybridized carbons (Fsp3) is 0.824. The second-order valence-corrected chi connectivity index (χ2v) is 19.6. The Morgan fingerprint density at radius 1 is 0.567 bits per heavy atom. The summed E-state index contributed by atoms with van der Waals surface area (Å²) in [5, 5.41) is 13.8. The molecule has 8 nitrogen and oxygen atoms in total. The molecule has 0 aliphatic heterocycles. The number of rotatable bonds is 45. The van der Waals surface area contributed by atoms with Gasteiger partial charge in [-0.15, -0.1) is 0 Å². The van der Waals surface area contributed by atoms with Crippen LogP contribution >= 0.6 is 7.82 Å². The summed E-state index contributed by atoms with van der Waals surface area (Å²) in [6.45, 7) is 4.76. The van der Waals surface area contributed by atoms with Crippen molar-refractivity contribution < 1.29 is 32.9 Å². The maximum absolute atomic E-state index is 12.9. The van der Waals surface area contributed by atoms with E-state index in [0.29, 0.717) is 17.4 Å². The van der Waals surface area contributed by atoms with E-state index in [4.69, 9.17) is 9.05 Å². The van der Waals surface area contributed by atoms with Crippen LogP contribution in [0.1, 0.15) is 219 Å². The Balaban J connectivity index is 4.18. The molecule has 9 heteroatoms. The van der Waals surface area contributed by atoms with Crippen molar-refractivity contribution in [3.63, 3.8) is 0 Å². The second-order valence-electron chi connectivity index (χ2n) is 18.2. The minimum absolute atomic E-state index is 0.0547. The molecule has 0 fully saturated rings. The Labute approximate surface area is 371 Å². The summed E-state index contributed by atoms with van der Waals surface area (Å²) in [5.41, 5.74) is 0. The number of allylic oxidation sites excluding steroid dienone is 7. The highest BCUT2D eigenvalue weighted by Gasteiger charge is 2.27. The number of phosphoric acid groups is 1. The lowest BCUT2D eigenvalue weighted by atomic mass is 10.0. The molecule has 0 spiro atoms. The lowest BCUT2D eigenvalue weighted by molar-refractivity contribution is -0.870. The number of phosphoric ester groups is 1. The predicted molar refractivity (Wildman–Crippen MR) is 258 cm³/mol. The van der Waals surface area contributed by atoms with E-state index in [-0.39, 0.29) is 19.1 Å². The fourth-order valence-electron chi connectivity index (χ4n) is 7.03. The maximum Gasteiger partial charge on any atom is 0.472 e. The number of carbonyl (C=O) groups excluding carboxylic acids is 1. The molecule has 0 saturated heterocycles. The van der Waals surface area contributed by atoms with Gasteiger partial charge in [-0.2, -0.15) is 0 Å². The smallest absolute Gasteiger partial charge is 0.387 e. The van der Waals surface area contributed by atoms with Crippen molar-refractivity contribution in [1.29, 1.82) is 0 Å². The lowest BCUT2D eigenvalue weighted by Gasteiger charge is -2.25. The monoisotopic (exact) mass is 866 g/mol. The van der Waals surface area contributed by atoms with Gasteiger partial charge in [0.05, 0.1) is 39.9 Å². The van der Waals surface area contributed by atoms with Gasteiger partial charge in [0.15, 0.2) is 0 Å². The molecule has 0 aromatic heterocycles. The van der Waals surface area contributed by atoms with Gasteiger partial charge >= 0.3 is 7.82 Å². The van der Waals surface area contributed by atoms with Gasteiger partial charge in [-0.3, -0.25) is 13.8 Å². The number of nitrogens with zero attached hydrogens (tertiary/aromatic N) is 1. The molecule has 352 valence electrons. The van der Waals surface area contributed by atoms with E-state index in [2.05, 4.69) is 55.6 Å². The van der Waals surface area contributed by atoms with Crippen molar-refractivity contribution in [2.24, 2.45) is 0 Å². The Hall–Kier alpha value is -1.54. The molecule has 3 N–H and O–H groups in total. The average molecular weight is 866 g/mol. The number of carbonyl (C=O) groups is 1. The van der Waals surface area contributed by atoms with E-state index < -0.39 is 20.0 Å². The summed E-state index contributed by atoms with van der Waals surface area (Å²) in [5.74, 6) is -0.191. The average Bonchev–Trinajstić information content (AvgIpc) is 3.20. The first kappa shape index (κ1) is 58.5. The van der Waals surface area contributed by atoms with E-state index in [1.807, 2.05) is 27.2 Å². The number of unbranched alkanes of at least 4 members (excludes halogenated alkanes) is 26. The Kier molecular flexibility index (Phi) is 41.6. The first-order valence-electron chi connectivity index (χ1n) is 25.0. The summed E-state index contributed by atoms with van der Waals surface area (Å²) in [6, 6.07) is -0.863. The largest absolute Gasteiger partial charge is 0.472 e. The van der Waals surface area contributed by atoms with E-state index in [1.54, 1.807) is 6.08 Å². The van der Waals surface area contributed by atoms with Gasteiger partial charge in [-0.1, -0.05) is 197 Å². The first-order chi connectivity index (χ1) is 29.0. The number of hydrogen-bond acceptors (Lipinski definition) is 5. The van der Waals surface area contributed by atoms with Crippen LogP contribution in [0.5, 0.6) is 0 Å². The van der Waals surface area contributed by atoms with Crippen LogP contribution in [0.3, 0.4) is 0 Å². The van der Waals surface area contributed by atoms with Crippen LogP contribution in [0.4, 0.5) is 0 Å². The zero-order chi connectivity index (χ0) is 44.3. The molecule has 0 rings (SSSR count). The maximum atomic E-state index is 12.9. The quantitative estimate of drug-likeness (QED) is 0.0244. The minimum atomic E-state index is -4.35. The van der Waals surface area contributed by atoms with Crippen LogP contribution in [0.2, 0.25) is 0 Å². The van der Waals surface area contributed by atoms with Crippen LogP contribution in [0, 0.1) is 0 Å². The van der Waals surface area contributed by atoms with Gasteiger partial charge in [0.1, 0.15) is 13.2 Å². The van der Waals surface area contributed by atoms with E-state index in [0.717, 1.165) is 44.9 Å². The van der Waals surface area contributed by atoms with Crippen LogP contribution in [-0.2, 0) is 18.4 Å². The Bertz CT molecular complexity index is 1120. The van der Waals surface area contributed by atoms with Gasteiger partial charge in [0.25, 0.3) is 0 Å². The van der Waals surface area contributed by atoms with Crippen LogP contribution < -0.4 is 5.32 Å². The van der Waals surface area contributed by atoms with Gasteiger partial charge in [-0.25, -0.2) is 4.57 Å². The molecule has 0 aliphatic carbocycles. The molecule has 0 aromatic rings. The number of aliphatic hydroxyl groups is 1. The van der Waals surface area contributed by atoms with E-state index >= 15 is 0 Å². The summed E-state index contributed by atoms with van der Waals surface area (Å²) < 4.78 is 23.5. The van der Waals surface area contributed by atoms with Crippen LogP contribution in [-0.4, -0.2) is 73.4 Å². The number of hydrogen-bond donors (Lipinski definition) is 3. The lowest BCUT2D eigenvalue weighted by Crippen LogP contribution is -2.45. The summed E-state index contributed by atoms with van der Waals surface area (Å²) in [7, 11) is 1.55. The second kappa shape index (κ2) is 42.7. The molecule has 0 heterocycles. The predicted octanol–water partition coefficient (Wildman–Crippen LogP) is 14.4. The zero-order valence-corrected chi connectivity index (χ0v) is 40.8. The highest BCUT2D eigenvalue weighted by molar-refractivity contribution is 7.47. The number of nitrogens with one attached hydrogen (secondary N) is 1. The molecule has 0 saturated carbocycles. The summed E-state index contributed by atoms with van der Waals surface area (Å²) >= 11 is 0. The van der Waals surface area contributed by atoms with Gasteiger partial charge in [0, 0.05) is 6.42 Å². The molecule has 0 radical (unpaired) electrons. The third-order valence-corrected chi connectivity index (χ3v) is 12.0. The molecule has 0 aliphatic rings. The molecule has 0 aromatic carbocycles. The van der Waals surface area contributed by atoms with Crippen molar-refractivity contribution in [3.05, 3.63) is 48.6 Å². The molecular formula is C51H98N2O6P+. The molecule has 3 atom stereocenters. The Morgan fingerprint density at radius 3 is 1.43 bits per heavy atom. The molecule has 60 heavy (non-hydrogen) atoms. The molecule has 3 unspecified atom stereocenters. The van der Waals surface area contributed by atoms with Crippen molar-refractivity contribution in [2.45, 2.75) is 231 Å². The SMILES string of the molecule is CCCCCCC/C=C/CC/C=C/C(O)C(COP(=O)(O)OCC[N+](C)(C)C)NC(=O)CCCCCCCCCCCCC/C=C\C/C=C\CCCCCCCCCCC. The standard InChI is InChI=1S/C51H97N2O6P/c1-6-8-10-12-14-16-18-19-20-21-22-23-24-25-26-27-28-29-30-31-32-33-35-37-39-41-43-45-51(55)52-49(48-59-60(56,57)58-47-46-53(3,4)5)50(54)44-42-40-38-36-34-17-15-13-11-9-7-2/h22-23,25-26,34,36,42,44,49-50,54H,6-21,24,27-33,35,37-41,43,45-48H2,1-5H3,(H-,52,55,56,57)/p+1/b23-22-,26-25-,36-34+,44-42+. The van der Waals surface area contributed by atoms with Gasteiger partial charge in [-0.05, 0) is 64.2 Å². The molecule has 0 bridgehead atoms. The molecule has 1 amide bonds. The summed E-state index contributed by atoms with van der Waals surface area (Å²) in [4.78, 5) is 23.1. The fourth-order valence-corrected chi connectivity index (χ4v) is 7.76. The first-order valence-corrected chi connectivity index (χ1v) is 26.5. The number of amides is 1. The molecular weight excluding hydrogens is 768 g/mol. The van der Waals surface area contributed by atoms with Gasteiger partial charge < -0.3 is 19.8 Å². The van der Waals surface area contributed by atoms with E-state index in [1.165, 1.54) is 154 Å². The third kappa shape index (κ3) is 44.5. The Morgan fingerprint density at radius 2 is 0.967 bits per heavy atom. The van der Waals surface area contributed by atoms with Crippen molar-refractivity contribution >= 4 is 13.7 Å². The zero-order valence-electron chi connectivity index (χ0n) is 39.9. The van der Waals surface area contributed by atoms with Crippen molar-refractivity contribution in [2.75, 3.05) is 40.9 Å². The van der Waals surface area contributed by atoms with Crippen molar-refractivity contribution in [1.82, 2.24) is 5.32 Å². The topological polar surface area (TPSA) is 105 Å². The highest BCUT2D eigenvalue weighted by Crippen LogP contribution is 2.43. The van der Waals surface area contributed by atoms with Gasteiger partial charge in [0.2, 0.25) is 5.91 Å². The summed E-state index contributed by atoms with van der Waals surface area (Å²) in [6.07, 6.45) is 54.9. The van der Waals surface area contributed by atoms with E-state index in [9.17, 15) is 19.4 Å². The number of quaternary nitrogens is 1. The van der Waals surface area contributed by atoms with Crippen LogP contribution in [0.15, 0.2) is 48.6 Å². The third-order valence-electron chi connectivity index (χ3n) is 11.0. The van der Waals surface area contributed by atoms with Crippen LogP contribution in [0.25, 0.3) is 0 Å². The van der Waals surface area contributed by atoms with Crippen molar-refractivity contribution in [3.8, 4) is 0 Å². The highest BCUT2D eigenvalue weighted by atomic mass is 31.2. The normalized spacial score (nSPS) is 14.6. The minimum Gasteiger partial charge on any atom is -0.387 e. The number of aliphatic hydroxyl groups excluding tert-OH is 1. The number of likely N-dealkylation sites (N-methyl/N-ethyl adjacent to an activating group) is 1.